The molecule has 2 atom stereocenters. The Hall–Kier alpha value is -0.250. The molecule has 1 aliphatic heterocycles. The number of benzene rings is 1. The highest BCUT2D eigenvalue weighted by Gasteiger charge is 2.21. The number of nitrogens with zero attached hydrogens (tertiary/aromatic N) is 1. The maximum Gasteiger partial charge on any atom is 0.152 e. The fraction of sp³-hybridized carbons (Fsp3) is 0.647. The highest BCUT2D eigenvalue weighted by atomic mass is 79.9. The molecule has 1 saturated heterocycles. The van der Waals surface area contributed by atoms with Gasteiger partial charge in [-0.25, -0.2) is 0 Å². The highest BCUT2D eigenvalue weighted by molar-refractivity contribution is 9.10. The van der Waals surface area contributed by atoms with E-state index in [-0.39, 0.29) is 0 Å². The van der Waals surface area contributed by atoms with Crippen LogP contribution in [0, 0.1) is 18.8 Å². The number of halogens is 2. The Balaban J connectivity index is 1.77. The van der Waals surface area contributed by atoms with Crippen LogP contribution in [0.4, 0.5) is 0 Å². The Morgan fingerprint density at radius 1 is 1.29 bits per heavy atom. The van der Waals surface area contributed by atoms with E-state index in [0.717, 1.165) is 40.6 Å². The van der Waals surface area contributed by atoms with Crippen LogP contribution in [0.2, 0.25) is 5.02 Å². The van der Waals surface area contributed by atoms with Crippen molar-refractivity contribution in [1.82, 2.24) is 4.90 Å². The molecule has 4 heteroatoms. The third-order valence-electron chi connectivity index (χ3n) is 3.95. The lowest BCUT2D eigenvalue weighted by Gasteiger charge is -2.34. The van der Waals surface area contributed by atoms with Gasteiger partial charge in [0.1, 0.15) is 0 Å². The molecule has 1 aromatic rings. The summed E-state index contributed by atoms with van der Waals surface area (Å²) >= 11 is 9.76. The first-order valence-electron chi connectivity index (χ1n) is 7.76. The Morgan fingerprint density at radius 3 is 2.57 bits per heavy atom. The van der Waals surface area contributed by atoms with Gasteiger partial charge in [-0.15, -0.1) is 0 Å². The van der Waals surface area contributed by atoms with Crippen molar-refractivity contribution in [3.05, 3.63) is 27.2 Å². The van der Waals surface area contributed by atoms with Gasteiger partial charge in [-0.05, 0) is 65.2 Å². The molecule has 1 fully saturated rings. The van der Waals surface area contributed by atoms with Gasteiger partial charge in [-0.1, -0.05) is 25.4 Å². The molecule has 118 valence electrons. The summed E-state index contributed by atoms with van der Waals surface area (Å²) in [6, 6.07) is 3.98. The van der Waals surface area contributed by atoms with Crippen LogP contribution in [0.1, 0.15) is 32.3 Å². The van der Waals surface area contributed by atoms with Crippen LogP contribution in [0.25, 0.3) is 0 Å². The zero-order valence-corrected chi connectivity index (χ0v) is 15.5. The van der Waals surface area contributed by atoms with Gasteiger partial charge in [-0.3, -0.25) is 0 Å². The first-order chi connectivity index (χ1) is 9.95. The van der Waals surface area contributed by atoms with Crippen LogP contribution in [0.15, 0.2) is 16.6 Å². The standard InChI is InChI=1S/C17H25BrClNO/c1-12-8-15(18)17(16(19)9-12)21-6-4-5-20-10-13(2)7-14(3)11-20/h8-9,13-14H,4-7,10-11H2,1-3H3/t13-,14-/m1/s1. The van der Waals surface area contributed by atoms with Gasteiger partial charge >= 0.3 is 0 Å². The number of hydrogen-bond donors (Lipinski definition) is 0. The van der Waals surface area contributed by atoms with Crippen LogP contribution in [-0.2, 0) is 0 Å². The summed E-state index contributed by atoms with van der Waals surface area (Å²) < 4.78 is 6.80. The van der Waals surface area contributed by atoms with E-state index in [0.29, 0.717) is 11.6 Å². The second-order valence-electron chi connectivity index (χ2n) is 6.47. The molecule has 0 N–H and O–H groups in total. The van der Waals surface area contributed by atoms with E-state index in [1.54, 1.807) is 0 Å². The van der Waals surface area contributed by atoms with Crippen LogP contribution in [0.3, 0.4) is 0 Å². The maximum atomic E-state index is 6.24. The van der Waals surface area contributed by atoms with Crippen molar-refractivity contribution in [2.24, 2.45) is 11.8 Å². The summed E-state index contributed by atoms with van der Waals surface area (Å²) in [4.78, 5) is 2.56. The molecule has 2 rings (SSSR count). The normalized spacial score (nSPS) is 23.3. The van der Waals surface area contributed by atoms with E-state index in [1.165, 1.54) is 19.5 Å². The lowest BCUT2D eigenvalue weighted by Crippen LogP contribution is -2.39. The van der Waals surface area contributed by atoms with E-state index in [2.05, 4.69) is 34.7 Å². The predicted octanol–water partition coefficient (Wildman–Crippen LogP) is 5.16. The van der Waals surface area contributed by atoms with Crippen molar-refractivity contribution in [3.63, 3.8) is 0 Å². The van der Waals surface area contributed by atoms with Gasteiger partial charge in [-0.2, -0.15) is 0 Å². The third kappa shape index (κ3) is 5.15. The number of hydrogen-bond acceptors (Lipinski definition) is 2. The minimum Gasteiger partial charge on any atom is -0.491 e. The summed E-state index contributed by atoms with van der Waals surface area (Å²) in [7, 11) is 0. The zero-order valence-electron chi connectivity index (χ0n) is 13.2. The average Bonchev–Trinajstić information content (AvgIpc) is 2.35. The Labute approximate surface area is 141 Å². The van der Waals surface area contributed by atoms with Crippen LogP contribution in [-0.4, -0.2) is 31.1 Å². The number of rotatable bonds is 5. The molecule has 0 saturated carbocycles. The summed E-state index contributed by atoms with van der Waals surface area (Å²) in [6.07, 6.45) is 2.40. The van der Waals surface area contributed by atoms with E-state index in [4.69, 9.17) is 16.3 Å². The van der Waals surface area contributed by atoms with E-state index >= 15 is 0 Å². The maximum absolute atomic E-state index is 6.24. The quantitative estimate of drug-likeness (QED) is 0.660. The monoisotopic (exact) mass is 373 g/mol. The van der Waals surface area contributed by atoms with Gasteiger partial charge < -0.3 is 9.64 Å². The van der Waals surface area contributed by atoms with E-state index in [1.807, 2.05) is 19.1 Å². The summed E-state index contributed by atoms with van der Waals surface area (Å²) in [5.41, 5.74) is 1.13. The third-order valence-corrected chi connectivity index (χ3v) is 4.82. The molecule has 21 heavy (non-hydrogen) atoms. The minimum atomic E-state index is 0.682. The molecule has 1 aliphatic rings. The van der Waals surface area contributed by atoms with Crippen LogP contribution >= 0.6 is 27.5 Å². The summed E-state index contributed by atoms with van der Waals surface area (Å²) in [5, 5.41) is 0.682. The lowest BCUT2D eigenvalue weighted by atomic mass is 9.92. The Morgan fingerprint density at radius 2 is 1.95 bits per heavy atom. The fourth-order valence-corrected chi connectivity index (χ4v) is 4.39. The highest BCUT2D eigenvalue weighted by Crippen LogP contribution is 2.34. The second kappa shape index (κ2) is 7.85. The molecule has 0 aromatic heterocycles. The van der Waals surface area contributed by atoms with E-state index < -0.39 is 0 Å². The molecule has 1 heterocycles. The van der Waals surface area contributed by atoms with Gasteiger partial charge in [0, 0.05) is 19.6 Å². The Kier molecular flexibility index (Phi) is 6.39. The summed E-state index contributed by atoms with van der Waals surface area (Å²) in [5.74, 6) is 2.40. The topological polar surface area (TPSA) is 12.5 Å². The Bertz CT molecular complexity index is 447. The molecular weight excluding hydrogens is 350 g/mol. The van der Waals surface area contributed by atoms with Gasteiger partial charge in [0.25, 0.3) is 0 Å². The van der Waals surface area contributed by atoms with Crippen molar-refractivity contribution in [3.8, 4) is 5.75 Å². The van der Waals surface area contributed by atoms with Crippen LogP contribution < -0.4 is 4.74 Å². The van der Waals surface area contributed by atoms with Crippen molar-refractivity contribution in [2.45, 2.75) is 33.6 Å². The lowest BCUT2D eigenvalue weighted by molar-refractivity contribution is 0.132. The first kappa shape index (κ1) is 17.1. The number of likely N-dealkylation sites (tertiary alicyclic amines) is 1. The molecule has 0 amide bonds. The smallest absolute Gasteiger partial charge is 0.152 e. The fourth-order valence-electron chi connectivity index (χ4n) is 3.26. The largest absolute Gasteiger partial charge is 0.491 e. The second-order valence-corrected chi connectivity index (χ2v) is 7.73. The summed E-state index contributed by atoms with van der Waals surface area (Å²) in [6.45, 7) is 11.0. The zero-order chi connectivity index (χ0) is 15.4. The first-order valence-corrected chi connectivity index (χ1v) is 8.93. The van der Waals surface area contributed by atoms with E-state index in [9.17, 15) is 0 Å². The molecular formula is C17H25BrClNO. The van der Waals surface area contributed by atoms with Crippen molar-refractivity contribution in [2.75, 3.05) is 26.2 Å². The molecule has 0 unspecified atom stereocenters. The number of aryl methyl sites for hydroxylation is 1. The molecule has 0 spiro atoms. The van der Waals surface area contributed by atoms with Crippen LogP contribution in [0.5, 0.6) is 5.75 Å². The minimum absolute atomic E-state index is 0.682. The number of ether oxygens (including phenoxy) is 1. The average molecular weight is 375 g/mol. The van der Waals surface area contributed by atoms with Crippen molar-refractivity contribution in [1.29, 1.82) is 0 Å². The molecule has 0 radical (unpaired) electrons. The predicted molar refractivity (Wildman–Crippen MR) is 93.4 cm³/mol. The van der Waals surface area contributed by atoms with Crippen molar-refractivity contribution < 1.29 is 4.74 Å². The SMILES string of the molecule is Cc1cc(Cl)c(OCCCN2C[C@H](C)C[C@@H](C)C2)c(Br)c1. The number of piperidine rings is 1. The van der Waals surface area contributed by atoms with Crippen molar-refractivity contribution >= 4 is 27.5 Å². The molecule has 2 nitrogen and oxygen atoms in total. The van der Waals surface area contributed by atoms with Gasteiger partial charge in [0.2, 0.25) is 0 Å². The molecule has 0 aliphatic carbocycles. The van der Waals surface area contributed by atoms with Gasteiger partial charge in [0.15, 0.2) is 5.75 Å². The molecule has 0 bridgehead atoms. The van der Waals surface area contributed by atoms with Gasteiger partial charge in [0.05, 0.1) is 16.1 Å². The molecule has 1 aromatic carbocycles.